The summed E-state index contributed by atoms with van der Waals surface area (Å²) in [5.41, 5.74) is 0.768. The van der Waals surface area contributed by atoms with Gasteiger partial charge in [-0.1, -0.05) is 30.3 Å². The lowest BCUT2D eigenvalue weighted by molar-refractivity contribution is -0.0599. The van der Waals surface area contributed by atoms with Gasteiger partial charge in [-0.15, -0.1) is 0 Å². The van der Waals surface area contributed by atoms with Crippen molar-refractivity contribution in [2.24, 2.45) is 0 Å². The highest BCUT2D eigenvalue weighted by Crippen LogP contribution is 2.34. The van der Waals surface area contributed by atoms with Crippen LogP contribution in [-0.4, -0.2) is 71.8 Å². The number of likely N-dealkylation sites (tertiary alicyclic amines) is 1. The Balaban J connectivity index is 1.59. The molecule has 2 unspecified atom stereocenters. The molecule has 0 aliphatic carbocycles. The molecule has 2 aromatic carbocycles. The summed E-state index contributed by atoms with van der Waals surface area (Å²) < 4.78 is 48.8. The van der Waals surface area contributed by atoms with Crippen molar-refractivity contribution in [3.63, 3.8) is 0 Å². The van der Waals surface area contributed by atoms with Gasteiger partial charge in [0.2, 0.25) is 0 Å². The average Bonchev–Trinajstić information content (AvgIpc) is 3.44. The van der Waals surface area contributed by atoms with E-state index in [4.69, 9.17) is 4.74 Å². The van der Waals surface area contributed by atoms with E-state index >= 15 is 0 Å². The molecular weight excluding hydrogens is 487 g/mol. The third-order valence-electron chi connectivity index (χ3n) is 6.52. The number of halogens is 3. The highest BCUT2D eigenvalue weighted by Gasteiger charge is 2.39. The molecule has 2 atom stereocenters. The van der Waals surface area contributed by atoms with Crippen molar-refractivity contribution in [2.75, 3.05) is 45.3 Å². The Morgan fingerprint density at radius 1 is 1.16 bits per heavy atom. The summed E-state index contributed by atoms with van der Waals surface area (Å²) in [6.07, 6.45) is 0. The first-order chi connectivity index (χ1) is 17.7. The number of rotatable bonds is 9. The molecule has 4 rings (SSSR count). The van der Waals surface area contributed by atoms with Crippen LogP contribution in [0.1, 0.15) is 22.7 Å². The number of benzene rings is 2. The van der Waals surface area contributed by atoms with Crippen molar-refractivity contribution in [3.8, 4) is 5.69 Å². The topological polar surface area (TPSA) is 91.7 Å². The minimum atomic E-state index is -3.59. The number of nitrogens with zero attached hydrogens (tertiary/aromatic N) is 3. The standard InChI is InChI=1S/C26H30F3N5O3/c1-17-23(26(28,29)16-35)32-34(20-6-4-3-5-7-20)24(17)31-25(36)30-22-15-33(12-13-37-2)14-21(22)18-8-10-19(27)11-9-18/h3-11,21-22,35H,12-16H2,1-2H3,(H2,30,31,36). The summed E-state index contributed by atoms with van der Waals surface area (Å²) in [4.78, 5) is 15.3. The van der Waals surface area contributed by atoms with Crippen LogP contribution in [0.2, 0.25) is 0 Å². The molecule has 37 heavy (non-hydrogen) atoms. The van der Waals surface area contributed by atoms with Crippen LogP contribution < -0.4 is 10.6 Å². The first-order valence-corrected chi connectivity index (χ1v) is 11.9. The average molecular weight is 518 g/mol. The van der Waals surface area contributed by atoms with Gasteiger partial charge in [-0.05, 0) is 36.8 Å². The number of alkyl halides is 2. The van der Waals surface area contributed by atoms with Gasteiger partial charge < -0.3 is 15.2 Å². The number of hydrogen-bond acceptors (Lipinski definition) is 5. The van der Waals surface area contributed by atoms with E-state index in [0.29, 0.717) is 31.9 Å². The van der Waals surface area contributed by atoms with E-state index in [-0.39, 0.29) is 29.2 Å². The number of methoxy groups -OCH3 is 1. The van der Waals surface area contributed by atoms with E-state index < -0.39 is 24.3 Å². The summed E-state index contributed by atoms with van der Waals surface area (Å²) >= 11 is 0. The fraction of sp³-hybridized carbons (Fsp3) is 0.385. The van der Waals surface area contributed by atoms with Gasteiger partial charge in [-0.2, -0.15) is 13.9 Å². The number of aliphatic hydroxyl groups excluding tert-OH is 1. The molecule has 1 aromatic heterocycles. The van der Waals surface area contributed by atoms with E-state index in [0.717, 1.165) is 5.56 Å². The number of aliphatic hydroxyl groups is 1. The minimum absolute atomic E-state index is 0.0429. The Morgan fingerprint density at radius 3 is 2.51 bits per heavy atom. The zero-order chi connectivity index (χ0) is 26.6. The number of anilines is 1. The molecular formula is C26H30F3N5O3. The highest BCUT2D eigenvalue weighted by molar-refractivity contribution is 5.90. The number of urea groups is 1. The van der Waals surface area contributed by atoms with Crippen LogP contribution in [0.4, 0.5) is 23.8 Å². The van der Waals surface area contributed by atoms with E-state index in [1.807, 2.05) is 0 Å². The Kier molecular flexibility index (Phi) is 8.16. The van der Waals surface area contributed by atoms with Gasteiger partial charge in [-0.25, -0.2) is 13.9 Å². The third kappa shape index (κ3) is 5.95. The van der Waals surface area contributed by atoms with Gasteiger partial charge >= 0.3 is 12.0 Å². The lowest BCUT2D eigenvalue weighted by atomic mass is 9.94. The van der Waals surface area contributed by atoms with Crippen molar-refractivity contribution in [1.29, 1.82) is 0 Å². The van der Waals surface area contributed by atoms with Crippen LogP contribution >= 0.6 is 0 Å². The minimum Gasteiger partial charge on any atom is -0.390 e. The maximum absolute atomic E-state index is 14.4. The summed E-state index contributed by atoms with van der Waals surface area (Å²) in [6, 6.07) is 13.8. The largest absolute Gasteiger partial charge is 0.390 e. The number of amides is 2. The van der Waals surface area contributed by atoms with Gasteiger partial charge in [0.25, 0.3) is 0 Å². The third-order valence-corrected chi connectivity index (χ3v) is 6.52. The van der Waals surface area contributed by atoms with Crippen molar-refractivity contribution in [1.82, 2.24) is 20.0 Å². The maximum atomic E-state index is 14.4. The van der Waals surface area contributed by atoms with Gasteiger partial charge in [0.05, 0.1) is 18.3 Å². The number of nitrogens with one attached hydrogen (secondary N) is 2. The maximum Gasteiger partial charge on any atom is 0.320 e. The van der Waals surface area contributed by atoms with Crippen molar-refractivity contribution < 1.29 is 27.8 Å². The van der Waals surface area contributed by atoms with Crippen LogP contribution in [0, 0.1) is 12.7 Å². The Morgan fingerprint density at radius 2 is 1.86 bits per heavy atom. The first kappa shape index (κ1) is 26.6. The molecule has 0 radical (unpaired) electrons. The summed E-state index contributed by atoms with van der Waals surface area (Å²) in [6.45, 7) is 2.35. The molecule has 3 N–H and O–H groups in total. The van der Waals surface area contributed by atoms with Crippen LogP contribution in [-0.2, 0) is 10.7 Å². The molecule has 1 saturated heterocycles. The molecule has 2 heterocycles. The number of ether oxygens (including phenoxy) is 1. The second kappa shape index (κ2) is 11.3. The van der Waals surface area contributed by atoms with Crippen LogP contribution in [0.3, 0.4) is 0 Å². The van der Waals surface area contributed by atoms with E-state index in [1.54, 1.807) is 49.6 Å². The molecule has 0 bridgehead atoms. The molecule has 1 aliphatic heterocycles. The second-order valence-corrected chi connectivity index (χ2v) is 9.05. The van der Waals surface area contributed by atoms with E-state index in [2.05, 4.69) is 20.6 Å². The molecule has 8 nitrogen and oxygen atoms in total. The van der Waals surface area contributed by atoms with Crippen LogP contribution in [0.15, 0.2) is 54.6 Å². The predicted molar refractivity (Wildman–Crippen MR) is 133 cm³/mol. The SMILES string of the molecule is COCCN1CC(NC(=O)Nc2c(C)c(C(F)(F)CO)nn2-c2ccccc2)C(c2ccc(F)cc2)C1. The van der Waals surface area contributed by atoms with E-state index in [9.17, 15) is 23.1 Å². The molecule has 0 spiro atoms. The van der Waals surface area contributed by atoms with Crippen LogP contribution in [0.25, 0.3) is 5.69 Å². The molecule has 2 amide bonds. The molecule has 3 aromatic rings. The van der Waals surface area contributed by atoms with Gasteiger partial charge in [0.1, 0.15) is 23.9 Å². The first-order valence-electron chi connectivity index (χ1n) is 11.9. The van der Waals surface area contributed by atoms with Crippen molar-refractivity contribution in [2.45, 2.75) is 24.8 Å². The quantitative estimate of drug-likeness (QED) is 0.403. The normalized spacial score (nSPS) is 18.2. The Hall–Kier alpha value is -3.41. The summed E-state index contributed by atoms with van der Waals surface area (Å²) in [5.74, 6) is -3.98. The number of carbonyl (C=O) groups is 1. The zero-order valence-electron chi connectivity index (χ0n) is 20.6. The van der Waals surface area contributed by atoms with Crippen molar-refractivity contribution >= 4 is 11.8 Å². The smallest absolute Gasteiger partial charge is 0.320 e. The molecule has 1 aliphatic rings. The Labute approximate surface area is 213 Å². The predicted octanol–water partition coefficient (Wildman–Crippen LogP) is 3.64. The van der Waals surface area contributed by atoms with Crippen LogP contribution in [0.5, 0.6) is 0 Å². The van der Waals surface area contributed by atoms with E-state index in [1.165, 1.54) is 23.7 Å². The molecule has 198 valence electrons. The number of carbonyl (C=O) groups excluding carboxylic acids is 1. The number of hydrogen-bond donors (Lipinski definition) is 3. The summed E-state index contributed by atoms with van der Waals surface area (Å²) in [7, 11) is 1.61. The van der Waals surface area contributed by atoms with Gasteiger partial charge in [0, 0.05) is 38.2 Å². The van der Waals surface area contributed by atoms with Crippen molar-refractivity contribution in [3.05, 3.63) is 77.2 Å². The number of para-hydroxylation sites is 1. The zero-order valence-corrected chi connectivity index (χ0v) is 20.6. The fourth-order valence-electron chi connectivity index (χ4n) is 4.62. The molecule has 0 saturated carbocycles. The van der Waals surface area contributed by atoms with Gasteiger partial charge in [0.15, 0.2) is 0 Å². The lowest BCUT2D eigenvalue weighted by Crippen LogP contribution is -2.42. The molecule has 11 heteroatoms. The monoisotopic (exact) mass is 517 g/mol. The Bertz CT molecular complexity index is 1200. The number of aromatic nitrogens is 2. The molecule has 1 fully saturated rings. The summed E-state index contributed by atoms with van der Waals surface area (Å²) in [5, 5.41) is 18.9. The van der Waals surface area contributed by atoms with Gasteiger partial charge in [-0.3, -0.25) is 10.2 Å². The fourth-order valence-corrected chi connectivity index (χ4v) is 4.62. The second-order valence-electron chi connectivity index (χ2n) is 9.05. The highest BCUT2D eigenvalue weighted by atomic mass is 19.3. The lowest BCUT2D eigenvalue weighted by Gasteiger charge is -2.21.